The average Bonchev–Trinajstić information content (AvgIpc) is 2.72. The summed E-state index contributed by atoms with van der Waals surface area (Å²) in [6.07, 6.45) is 0.135. The van der Waals surface area contributed by atoms with Crippen molar-refractivity contribution in [1.29, 1.82) is 0 Å². The van der Waals surface area contributed by atoms with Gasteiger partial charge in [0.25, 0.3) is 0 Å². The lowest BCUT2D eigenvalue weighted by molar-refractivity contribution is -0.120. The molecule has 30 heavy (non-hydrogen) atoms. The second-order valence-electron chi connectivity index (χ2n) is 7.29. The molecule has 1 unspecified atom stereocenters. The number of aryl methyl sites for hydroxylation is 1. The van der Waals surface area contributed by atoms with E-state index in [4.69, 9.17) is 4.74 Å². The lowest BCUT2D eigenvalue weighted by Gasteiger charge is -2.20. The van der Waals surface area contributed by atoms with Gasteiger partial charge in [-0.2, -0.15) is 0 Å². The predicted octanol–water partition coefficient (Wildman–Crippen LogP) is 3.92. The first-order chi connectivity index (χ1) is 14.4. The Morgan fingerprint density at radius 3 is 2.33 bits per heavy atom. The Balaban J connectivity index is 2.03. The summed E-state index contributed by atoms with van der Waals surface area (Å²) in [5.41, 5.74) is 2.66. The van der Waals surface area contributed by atoms with Crippen molar-refractivity contribution in [3.63, 3.8) is 0 Å². The van der Waals surface area contributed by atoms with E-state index in [1.54, 1.807) is 0 Å². The maximum absolute atomic E-state index is 12.7. The number of nitrogens with one attached hydrogen (secondary N) is 2. The number of para-hydroxylation sites is 2. The van der Waals surface area contributed by atoms with Gasteiger partial charge in [-0.1, -0.05) is 55.8 Å². The van der Waals surface area contributed by atoms with Gasteiger partial charge in [-0.25, -0.2) is 0 Å². The Morgan fingerprint density at radius 2 is 1.70 bits per heavy atom. The fourth-order valence-electron chi connectivity index (χ4n) is 3.20. The molecule has 0 spiro atoms. The second-order valence-corrected chi connectivity index (χ2v) is 7.29. The van der Waals surface area contributed by atoms with Gasteiger partial charge in [0.1, 0.15) is 12.4 Å². The van der Waals surface area contributed by atoms with Crippen molar-refractivity contribution in [3.8, 4) is 5.75 Å². The Labute approximate surface area is 179 Å². The van der Waals surface area contributed by atoms with Crippen LogP contribution in [-0.2, 0) is 9.59 Å². The minimum atomic E-state index is -0.390. The van der Waals surface area contributed by atoms with Crippen molar-refractivity contribution < 1.29 is 14.3 Å². The fourth-order valence-corrected chi connectivity index (χ4v) is 3.20. The van der Waals surface area contributed by atoms with Gasteiger partial charge in [-0.3, -0.25) is 9.59 Å². The number of amides is 2. The number of likely N-dealkylation sites (N-methyl/N-ethyl adjacent to an activating group) is 1. The zero-order valence-electron chi connectivity index (χ0n) is 18.4. The number of nitrogens with zero attached hydrogens (tertiary/aromatic N) is 1. The van der Waals surface area contributed by atoms with Crippen molar-refractivity contribution in [2.24, 2.45) is 0 Å². The van der Waals surface area contributed by atoms with Gasteiger partial charge < -0.3 is 20.3 Å². The normalized spacial score (nSPS) is 11.8. The van der Waals surface area contributed by atoms with E-state index in [0.29, 0.717) is 18.0 Å². The molecule has 1 atom stereocenters. The molecule has 162 valence electrons. The van der Waals surface area contributed by atoms with Crippen LogP contribution in [0.25, 0.3) is 0 Å². The van der Waals surface area contributed by atoms with E-state index < -0.39 is 0 Å². The molecule has 0 radical (unpaired) electrons. The van der Waals surface area contributed by atoms with E-state index in [9.17, 15) is 9.59 Å². The summed E-state index contributed by atoms with van der Waals surface area (Å²) in [6.45, 7) is 11.0. The van der Waals surface area contributed by atoms with Gasteiger partial charge in [0, 0.05) is 13.5 Å². The SMILES string of the molecule is CCN(CC)CCOc1ccccc1NC(=O)CC(NC(C)=O)c1ccc(C)cc1. The quantitative estimate of drug-likeness (QED) is 0.588. The van der Waals surface area contributed by atoms with E-state index in [-0.39, 0.29) is 24.3 Å². The lowest BCUT2D eigenvalue weighted by Crippen LogP contribution is -2.30. The number of benzene rings is 2. The third-order valence-corrected chi connectivity index (χ3v) is 4.97. The molecule has 0 aliphatic heterocycles. The van der Waals surface area contributed by atoms with Crippen molar-refractivity contribution in [2.45, 2.75) is 40.2 Å². The van der Waals surface area contributed by atoms with Crippen LogP contribution in [-0.4, -0.2) is 43.0 Å². The van der Waals surface area contributed by atoms with Gasteiger partial charge in [0.2, 0.25) is 11.8 Å². The van der Waals surface area contributed by atoms with Crippen LogP contribution < -0.4 is 15.4 Å². The molecule has 2 amide bonds. The monoisotopic (exact) mass is 411 g/mol. The predicted molar refractivity (Wildman–Crippen MR) is 121 cm³/mol. The first kappa shape index (κ1) is 23.4. The molecule has 2 rings (SSSR count). The number of rotatable bonds is 11. The van der Waals surface area contributed by atoms with Crippen molar-refractivity contribution in [3.05, 3.63) is 59.7 Å². The number of hydrogen-bond donors (Lipinski definition) is 2. The van der Waals surface area contributed by atoms with Gasteiger partial charge in [0.05, 0.1) is 18.2 Å². The molecule has 6 heteroatoms. The molecule has 0 fully saturated rings. The molecule has 0 heterocycles. The van der Waals surface area contributed by atoms with Crippen LogP contribution in [0.1, 0.15) is 44.4 Å². The largest absolute Gasteiger partial charge is 0.490 e. The third-order valence-electron chi connectivity index (χ3n) is 4.97. The van der Waals surface area contributed by atoms with Gasteiger partial charge in [-0.05, 0) is 37.7 Å². The summed E-state index contributed by atoms with van der Waals surface area (Å²) in [5, 5.41) is 5.80. The molecular formula is C24H33N3O3. The van der Waals surface area contributed by atoms with Crippen LogP contribution >= 0.6 is 0 Å². The molecule has 2 N–H and O–H groups in total. The smallest absolute Gasteiger partial charge is 0.226 e. The summed E-state index contributed by atoms with van der Waals surface area (Å²) in [4.78, 5) is 26.7. The molecule has 0 aliphatic carbocycles. The Hall–Kier alpha value is -2.86. The minimum Gasteiger partial charge on any atom is -0.490 e. The number of carbonyl (C=O) groups is 2. The molecule has 2 aromatic carbocycles. The molecule has 0 aromatic heterocycles. The van der Waals surface area contributed by atoms with Crippen LogP contribution in [0.15, 0.2) is 48.5 Å². The number of hydrogen-bond acceptors (Lipinski definition) is 4. The van der Waals surface area contributed by atoms with Crippen LogP contribution in [0.3, 0.4) is 0 Å². The number of carbonyl (C=O) groups excluding carboxylic acids is 2. The van der Waals surface area contributed by atoms with Crippen LogP contribution in [0.4, 0.5) is 5.69 Å². The van der Waals surface area contributed by atoms with Crippen LogP contribution in [0, 0.1) is 6.92 Å². The summed E-state index contributed by atoms with van der Waals surface area (Å²) in [5.74, 6) is 0.284. The first-order valence-electron chi connectivity index (χ1n) is 10.5. The number of ether oxygens (including phenoxy) is 1. The Bertz CT molecular complexity index is 817. The van der Waals surface area contributed by atoms with Crippen LogP contribution in [0.2, 0.25) is 0 Å². The fraction of sp³-hybridized carbons (Fsp3) is 0.417. The molecule has 2 aromatic rings. The Kier molecular flexibility index (Phi) is 9.35. The first-order valence-corrected chi connectivity index (χ1v) is 10.5. The highest BCUT2D eigenvalue weighted by Gasteiger charge is 2.18. The second kappa shape index (κ2) is 12.0. The molecular weight excluding hydrogens is 378 g/mol. The van der Waals surface area contributed by atoms with Crippen LogP contribution in [0.5, 0.6) is 5.75 Å². The zero-order chi connectivity index (χ0) is 21.9. The maximum Gasteiger partial charge on any atom is 0.226 e. The Morgan fingerprint density at radius 1 is 1.03 bits per heavy atom. The third kappa shape index (κ3) is 7.52. The van der Waals surface area contributed by atoms with Crippen molar-refractivity contribution in [2.75, 3.05) is 31.6 Å². The highest BCUT2D eigenvalue weighted by Crippen LogP contribution is 2.25. The summed E-state index contributed by atoms with van der Waals surface area (Å²) >= 11 is 0. The number of anilines is 1. The zero-order valence-corrected chi connectivity index (χ0v) is 18.4. The van der Waals surface area contributed by atoms with E-state index in [0.717, 1.165) is 30.8 Å². The van der Waals surface area contributed by atoms with E-state index in [1.807, 2.05) is 55.5 Å². The molecule has 0 bridgehead atoms. The topological polar surface area (TPSA) is 70.7 Å². The summed E-state index contributed by atoms with van der Waals surface area (Å²) in [6, 6.07) is 14.8. The minimum absolute atomic E-state index is 0.135. The highest BCUT2D eigenvalue weighted by molar-refractivity contribution is 5.93. The van der Waals surface area contributed by atoms with Gasteiger partial charge in [-0.15, -0.1) is 0 Å². The standard InChI is InChI=1S/C24H33N3O3/c1-5-27(6-2)15-16-30-23-10-8-7-9-21(23)26-24(29)17-22(25-19(4)28)20-13-11-18(3)12-14-20/h7-14,22H,5-6,15-17H2,1-4H3,(H,25,28)(H,26,29). The molecule has 0 aliphatic rings. The summed E-state index contributed by atoms with van der Waals surface area (Å²) < 4.78 is 5.91. The van der Waals surface area contributed by atoms with Crippen molar-refractivity contribution in [1.82, 2.24) is 10.2 Å². The summed E-state index contributed by atoms with van der Waals surface area (Å²) in [7, 11) is 0. The van der Waals surface area contributed by atoms with Gasteiger partial charge in [0.15, 0.2) is 0 Å². The molecule has 6 nitrogen and oxygen atoms in total. The average molecular weight is 412 g/mol. The van der Waals surface area contributed by atoms with E-state index >= 15 is 0 Å². The lowest BCUT2D eigenvalue weighted by atomic mass is 10.0. The molecule has 0 saturated heterocycles. The van der Waals surface area contributed by atoms with Crippen molar-refractivity contribution >= 4 is 17.5 Å². The molecule has 0 saturated carbocycles. The van der Waals surface area contributed by atoms with E-state index in [2.05, 4.69) is 29.4 Å². The highest BCUT2D eigenvalue weighted by atomic mass is 16.5. The van der Waals surface area contributed by atoms with E-state index in [1.165, 1.54) is 6.92 Å². The maximum atomic E-state index is 12.7. The van der Waals surface area contributed by atoms with Gasteiger partial charge >= 0.3 is 0 Å².